The number of aromatic nitrogens is 1. The van der Waals surface area contributed by atoms with Crippen LogP contribution in [0.25, 0.3) is 0 Å². The highest BCUT2D eigenvalue weighted by Crippen LogP contribution is 2.06. The Kier molecular flexibility index (Phi) is 4.50. The van der Waals surface area contributed by atoms with Crippen molar-refractivity contribution in [3.05, 3.63) is 59.4 Å². The van der Waals surface area contributed by atoms with Crippen molar-refractivity contribution in [3.8, 4) is 0 Å². The summed E-state index contributed by atoms with van der Waals surface area (Å²) in [7, 11) is 0. The lowest BCUT2D eigenvalue weighted by molar-refractivity contribution is 0.0690. The zero-order chi connectivity index (χ0) is 15.2. The molecule has 0 spiro atoms. The highest BCUT2D eigenvalue weighted by molar-refractivity contribution is 5.90. The Morgan fingerprint density at radius 1 is 1.14 bits per heavy atom. The number of rotatable bonds is 4. The molecule has 0 atom stereocenters. The van der Waals surface area contributed by atoms with E-state index in [-0.39, 0.29) is 11.7 Å². The Morgan fingerprint density at radius 3 is 2.43 bits per heavy atom. The van der Waals surface area contributed by atoms with Crippen LogP contribution in [0.5, 0.6) is 0 Å². The molecule has 6 heteroatoms. The zero-order valence-corrected chi connectivity index (χ0v) is 11.5. The van der Waals surface area contributed by atoms with Gasteiger partial charge in [0.15, 0.2) is 0 Å². The van der Waals surface area contributed by atoms with Crippen LogP contribution < -0.4 is 10.6 Å². The van der Waals surface area contributed by atoms with Crippen molar-refractivity contribution in [1.29, 1.82) is 0 Å². The molecule has 1 heterocycles. The number of benzene rings is 1. The molecule has 3 N–H and O–H groups in total. The molecule has 0 saturated heterocycles. The van der Waals surface area contributed by atoms with Gasteiger partial charge in [0.05, 0.1) is 11.9 Å². The number of nitrogens with zero attached hydrogens (tertiary/aromatic N) is 1. The van der Waals surface area contributed by atoms with Crippen LogP contribution in [0.1, 0.15) is 21.6 Å². The van der Waals surface area contributed by atoms with Gasteiger partial charge in [-0.15, -0.1) is 0 Å². The molecule has 0 unspecified atom stereocenters. The summed E-state index contributed by atoms with van der Waals surface area (Å²) in [6.45, 7) is 2.41. The smallest absolute Gasteiger partial charge is 0.354 e. The van der Waals surface area contributed by atoms with E-state index in [2.05, 4.69) is 15.6 Å². The number of carboxylic acids is 1. The van der Waals surface area contributed by atoms with Crippen molar-refractivity contribution < 1.29 is 14.7 Å². The third kappa shape index (κ3) is 4.31. The molecular weight excluding hydrogens is 270 g/mol. The monoisotopic (exact) mass is 285 g/mol. The van der Waals surface area contributed by atoms with E-state index in [9.17, 15) is 9.59 Å². The second-order valence-corrected chi connectivity index (χ2v) is 4.53. The molecule has 0 radical (unpaired) electrons. The first kappa shape index (κ1) is 14.5. The van der Waals surface area contributed by atoms with Gasteiger partial charge in [0.2, 0.25) is 0 Å². The van der Waals surface area contributed by atoms with Gasteiger partial charge in [-0.25, -0.2) is 14.6 Å². The molecular formula is C15H15N3O3. The first-order valence-electron chi connectivity index (χ1n) is 6.34. The summed E-state index contributed by atoms with van der Waals surface area (Å²) in [5.74, 6) is -1.11. The minimum absolute atomic E-state index is 0.0689. The van der Waals surface area contributed by atoms with E-state index in [0.29, 0.717) is 12.2 Å². The molecule has 21 heavy (non-hydrogen) atoms. The van der Waals surface area contributed by atoms with Gasteiger partial charge >= 0.3 is 12.0 Å². The van der Waals surface area contributed by atoms with E-state index in [1.165, 1.54) is 18.3 Å². The van der Waals surface area contributed by atoms with Crippen LogP contribution in [0.4, 0.5) is 10.5 Å². The number of nitrogens with one attached hydrogen (secondary N) is 2. The van der Waals surface area contributed by atoms with Gasteiger partial charge in [-0.1, -0.05) is 29.8 Å². The predicted octanol–water partition coefficient (Wildman–Crippen LogP) is 2.41. The summed E-state index contributed by atoms with van der Waals surface area (Å²) >= 11 is 0. The van der Waals surface area contributed by atoms with Crippen LogP contribution in [0.2, 0.25) is 0 Å². The SMILES string of the molecule is Cc1ccc(CNC(=O)Nc2ccc(C(=O)O)nc2)cc1. The van der Waals surface area contributed by atoms with Crippen LogP contribution in [0.15, 0.2) is 42.6 Å². The molecule has 108 valence electrons. The van der Waals surface area contributed by atoms with Crippen molar-refractivity contribution >= 4 is 17.7 Å². The Labute approximate surface area is 121 Å². The van der Waals surface area contributed by atoms with E-state index in [1.54, 1.807) is 0 Å². The lowest BCUT2D eigenvalue weighted by Gasteiger charge is -2.08. The standard InChI is InChI=1S/C15H15N3O3/c1-10-2-4-11(5-3-10)8-17-15(21)18-12-6-7-13(14(19)20)16-9-12/h2-7,9H,8H2,1H3,(H,19,20)(H2,17,18,21). The number of aryl methyl sites for hydroxylation is 1. The minimum atomic E-state index is -1.11. The second kappa shape index (κ2) is 6.51. The molecule has 2 aromatic rings. The average molecular weight is 285 g/mol. The highest BCUT2D eigenvalue weighted by Gasteiger charge is 2.05. The summed E-state index contributed by atoms with van der Waals surface area (Å²) in [5.41, 5.74) is 2.52. The van der Waals surface area contributed by atoms with Crippen LogP contribution in [0, 0.1) is 6.92 Å². The maximum Gasteiger partial charge on any atom is 0.354 e. The summed E-state index contributed by atoms with van der Waals surface area (Å²) in [6.07, 6.45) is 1.30. The normalized spacial score (nSPS) is 9.95. The second-order valence-electron chi connectivity index (χ2n) is 4.53. The third-order valence-electron chi connectivity index (χ3n) is 2.81. The summed E-state index contributed by atoms with van der Waals surface area (Å²) in [4.78, 5) is 26.1. The van der Waals surface area contributed by atoms with E-state index < -0.39 is 5.97 Å². The maximum atomic E-state index is 11.7. The number of carbonyl (C=O) groups is 2. The van der Waals surface area contributed by atoms with Gasteiger partial charge in [-0.3, -0.25) is 0 Å². The average Bonchev–Trinajstić information content (AvgIpc) is 2.47. The Hall–Kier alpha value is -2.89. The number of hydrogen-bond donors (Lipinski definition) is 3. The van der Waals surface area contributed by atoms with Gasteiger partial charge in [0.1, 0.15) is 5.69 Å². The number of aromatic carboxylic acids is 1. The molecule has 0 aliphatic heterocycles. The zero-order valence-electron chi connectivity index (χ0n) is 11.5. The molecule has 0 saturated carbocycles. The van der Waals surface area contributed by atoms with Crippen LogP contribution >= 0.6 is 0 Å². The maximum absolute atomic E-state index is 11.7. The Morgan fingerprint density at radius 2 is 1.86 bits per heavy atom. The van der Waals surface area contributed by atoms with E-state index in [0.717, 1.165) is 11.1 Å². The van der Waals surface area contributed by atoms with Crippen molar-refractivity contribution in [3.63, 3.8) is 0 Å². The fourth-order valence-corrected chi connectivity index (χ4v) is 1.66. The van der Waals surface area contributed by atoms with Gasteiger partial charge in [0, 0.05) is 6.54 Å². The van der Waals surface area contributed by atoms with Crippen molar-refractivity contribution in [2.45, 2.75) is 13.5 Å². The number of urea groups is 1. The van der Waals surface area contributed by atoms with E-state index in [1.807, 2.05) is 31.2 Å². The van der Waals surface area contributed by atoms with Gasteiger partial charge in [-0.05, 0) is 24.6 Å². The van der Waals surface area contributed by atoms with Crippen molar-refractivity contribution in [2.24, 2.45) is 0 Å². The summed E-state index contributed by atoms with van der Waals surface area (Å²) in [5, 5.41) is 14.0. The predicted molar refractivity (Wildman–Crippen MR) is 78.2 cm³/mol. The fraction of sp³-hybridized carbons (Fsp3) is 0.133. The topological polar surface area (TPSA) is 91.3 Å². The largest absolute Gasteiger partial charge is 0.477 e. The molecule has 0 fully saturated rings. The van der Waals surface area contributed by atoms with Crippen LogP contribution in [0.3, 0.4) is 0 Å². The molecule has 2 rings (SSSR count). The Bertz CT molecular complexity index is 636. The fourth-order valence-electron chi connectivity index (χ4n) is 1.66. The van der Waals surface area contributed by atoms with Gasteiger partial charge < -0.3 is 15.7 Å². The number of pyridine rings is 1. The number of carbonyl (C=O) groups excluding carboxylic acids is 1. The summed E-state index contributed by atoms with van der Waals surface area (Å²) in [6, 6.07) is 10.3. The minimum Gasteiger partial charge on any atom is -0.477 e. The molecule has 0 aliphatic rings. The van der Waals surface area contributed by atoms with Crippen LogP contribution in [-0.2, 0) is 6.54 Å². The molecule has 6 nitrogen and oxygen atoms in total. The lowest BCUT2D eigenvalue weighted by Crippen LogP contribution is -2.28. The molecule has 0 bridgehead atoms. The van der Waals surface area contributed by atoms with Crippen LogP contribution in [-0.4, -0.2) is 22.1 Å². The van der Waals surface area contributed by atoms with E-state index >= 15 is 0 Å². The van der Waals surface area contributed by atoms with Crippen molar-refractivity contribution in [2.75, 3.05) is 5.32 Å². The molecule has 0 aliphatic carbocycles. The van der Waals surface area contributed by atoms with Gasteiger partial charge in [0.25, 0.3) is 0 Å². The molecule has 1 aromatic carbocycles. The van der Waals surface area contributed by atoms with Crippen molar-refractivity contribution in [1.82, 2.24) is 10.3 Å². The van der Waals surface area contributed by atoms with Gasteiger partial charge in [-0.2, -0.15) is 0 Å². The Balaban J connectivity index is 1.86. The molecule has 2 amide bonds. The molecule has 1 aromatic heterocycles. The third-order valence-corrected chi connectivity index (χ3v) is 2.81. The first-order chi connectivity index (χ1) is 10.0. The first-order valence-corrected chi connectivity index (χ1v) is 6.34. The highest BCUT2D eigenvalue weighted by atomic mass is 16.4. The summed E-state index contributed by atoms with van der Waals surface area (Å²) < 4.78 is 0. The quantitative estimate of drug-likeness (QED) is 0.804. The number of hydrogen-bond acceptors (Lipinski definition) is 3. The van der Waals surface area contributed by atoms with E-state index in [4.69, 9.17) is 5.11 Å². The number of anilines is 1. The number of carboxylic acid groups (broad SMARTS) is 1. The lowest BCUT2D eigenvalue weighted by atomic mass is 10.1. The number of amides is 2.